The molecular weight excluding hydrogens is 214 g/mol. The van der Waals surface area contributed by atoms with E-state index in [0.717, 1.165) is 19.3 Å². The fourth-order valence-corrected chi connectivity index (χ4v) is 1.58. The summed E-state index contributed by atoms with van der Waals surface area (Å²) in [5, 5.41) is 49.5. The molecule has 1 aromatic carbocycles. The molecule has 2 rings (SSSR count). The van der Waals surface area contributed by atoms with E-state index in [1.807, 2.05) is 0 Å². The SMILES string of the molecule is Oc1c(O)c(O)c(NC2CCC2)c(O)c1O. The Morgan fingerprint density at radius 1 is 0.750 bits per heavy atom. The van der Waals surface area contributed by atoms with E-state index in [9.17, 15) is 20.4 Å². The van der Waals surface area contributed by atoms with Crippen LogP contribution in [0.5, 0.6) is 28.7 Å². The van der Waals surface area contributed by atoms with E-state index in [2.05, 4.69) is 5.32 Å². The molecule has 1 saturated carbocycles. The van der Waals surface area contributed by atoms with Crippen LogP contribution in [0.1, 0.15) is 19.3 Å². The van der Waals surface area contributed by atoms with Gasteiger partial charge in [0.1, 0.15) is 5.69 Å². The Morgan fingerprint density at radius 3 is 1.56 bits per heavy atom. The zero-order valence-electron chi connectivity index (χ0n) is 8.43. The van der Waals surface area contributed by atoms with Crippen molar-refractivity contribution in [3.05, 3.63) is 0 Å². The van der Waals surface area contributed by atoms with Crippen LogP contribution in [0.15, 0.2) is 0 Å². The average molecular weight is 227 g/mol. The lowest BCUT2D eigenvalue weighted by Crippen LogP contribution is -2.27. The molecule has 0 aromatic heterocycles. The van der Waals surface area contributed by atoms with Crippen molar-refractivity contribution in [1.82, 2.24) is 0 Å². The first-order chi connectivity index (χ1) is 7.52. The third-order valence-electron chi connectivity index (χ3n) is 2.82. The standard InChI is InChI=1S/C10H13NO5/c12-6-5(11-4-2-1-3-4)7(13)9(15)10(16)8(6)14/h4,11-16H,1-3H2. The number of rotatable bonds is 2. The molecule has 0 radical (unpaired) electrons. The summed E-state index contributed by atoms with van der Waals surface area (Å²) in [6, 6.07) is 0.0974. The van der Waals surface area contributed by atoms with Gasteiger partial charge in [-0.25, -0.2) is 0 Å². The van der Waals surface area contributed by atoms with Gasteiger partial charge in [0, 0.05) is 6.04 Å². The maximum Gasteiger partial charge on any atom is 0.208 e. The average Bonchev–Trinajstić information content (AvgIpc) is 2.21. The fourth-order valence-electron chi connectivity index (χ4n) is 1.58. The highest BCUT2D eigenvalue weighted by molar-refractivity contribution is 5.79. The van der Waals surface area contributed by atoms with Crippen molar-refractivity contribution in [3.63, 3.8) is 0 Å². The zero-order chi connectivity index (χ0) is 11.9. The predicted octanol–water partition coefficient (Wildman–Crippen LogP) is 1.18. The van der Waals surface area contributed by atoms with Gasteiger partial charge < -0.3 is 30.8 Å². The lowest BCUT2D eigenvalue weighted by Gasteiger charge is -2.28. The van der Waals surface area contributed by atoms with Crippen molar-refractivity contribution in [1.29, 1.82) is 0 Å². The van der Waals surface area contributed by atoms with Crippen LogP contribution in [0, 0.1) is 0 Å². The summed E-state index contributed by atoms with van der Waals surface area (Å²) >= 11 is 0. The van der Waals surface area contributed by atoms with E-state index in [4.69, 9.17) is 5.11 Å². The Kier molecular flexibility index (Phi) is 2.34. The predicted molar refractivity (Wildman–Crippen MR) is 56.0 cm³/mol. The Morgan fingerprint density at radius 2 is 1.19 bits per heavy atom. The second kappa shape index (κ2) is 3.55. The van der Waals surface area contributed by atoms with Crippen molar-refractivity contribution in [2.24, 2.45) is 0 Å². The molecule has 0 aliphatic heterocycles. The van der Waals surface area contributed by atoms with E-state index in [0.29, 0.717) is 0 Å². The molecule has 88 valence electrons. The molecule has 1 fully saturated rings. The molecule has 1 aliphatic rings. The smallest absolute Gasteiger partial charge is 0.208 e. The molecule has 6 N–H and O–H groups in total. The van der Waals surface area contributed by atoms with E-state index in [-0.39, 0.29) is 11.7 Å². The normalized spacial score (nSPS) is 15.8. The third kappa shape index (κ3) is 1.42. The van der Waals surface area contributed by atoms with Crippen LogP contribution in [-0.2, 0) is 0 Å². The van der Waals surface area contributed by atoms with Crippen LogP contribution in [-0.4, -0.2) is 31.6 Å². The van der Waals surface area contributed by atoms with E-state index < -0.39 is 28.7 Å². The van der Waals surface area contributed by atoms with Crippen LogP contribution in [0.3, 0.4) is 0 Å². The summed E-state index contributed by atoms with van der Waals surface area (Å²) in [5.41, 5.74) is -0.155. The molecule has 0 saturated heterocycles. The van der Waals surface area contributed by atoms with Gasteiger partial charge in [-0.1, -0.05) is 0 Å². The maximum absolute atomic E-state index is 9.51. The number of phenolic OH excluding ortho intramolecular Hbond substituents is 5. The molecule has 0 heterocycles. The number of hydrogen-bond donors (Lipinski definition) is 6. The maximum atomic E-state index is 9.51. The minimum atomic E-state index is -0.936. The lowest BCUT2D eigenvalue weighted by atomic mass is 9.93. The molecular formula is C10H13NO5. The van der Waals surface area contributed by atoms with Crippen molar-refractivity contribution in [2.45, 2.75) is 25.3 Å². The van der Waals surface area contributed by atoms with Crippen molar-refractivity contribution in [2.75, 3.05) is 5.32 Å². The number of phenols is 5. The molecule has 0 unspecified atom stereocenters. The van der Waals surface area contributed by atoms with Gasteiger partial charge in [0.25, 0.3) is 0 Å². The summed E-state index contributed by atoms with van der Waals surface area (Å²) in [7, 11) is 0. The zero-order valence-corrected chi connectivity index (χ0v) is 8.43. The summed E-state index contributed by atoms with van der Waals surface area (Å²) in [6.45, 7) is 0. The first-order valence-corrected chi connectivity index (χ1v) is 4.97. The second-order valence-electron chi connectivity index (χ2n) is 3.89. The van der Waals surface area contributed by atoms with Crippen molar-refractivity contribution >= 4 is 5.69 Å². The molecule has 1 aromatic rings. The molecule has 16 heavy (non-hydrogen) atoms. The Labute approximate surface area is 91.4 Å². The summed E-state index contributed by atoms with van der Waals surface area (Å²) in [5.74, 6) is -3.97. The first-order valence-electron chi connectivity index (χ1n) is 4.97. The molecule has 0 bridgehead atoms. The first kappa shape index (κ1) is 10.5. The van der Waals surface area contributed by atoms with Gasteiger partial charge in [-0.15, -0.1) is 0 Å². The highest BCUT2D eigenvalue weighted by Gasteiger charge is 2.26. The minimum absolute atomic E-state index is 0.0974. The number of hydrogen-bond acceptors (Lipinski definition) is 6. The molecule has 6 heteroatoms. The van der Waals surface area contributed by atoms with Crippen molar-refractivity contribution < 1.29 is 25.5 Å². The van der Waals surface area contributed by atoms with Crippen LogP contribution >= 0.6 is 0 Å². The van der Waals surface area contributed by atoms with E-state index in [1.165, 1.54) is 0 Å². The molecule has 0 spiro atoms. The minimum Gasteiger partial charge on any atom is -0.503 e. The van der Waals surface area contributed by atoms with Gasteiger partial charge in [-0.3, -0.25) is 0 Å². The van der Waals surface area contributed by atoms with Gasteiger partial charge in [-0.05, 0) is 19.3 Å². The Balaban J connectivity index is 2.42. The molecule has 0 amide bonds. The molecule has 6 nitrogen and oxygen atoms in total. The monoisotopic (exact) mass is 227 g/mol. The number of aromatic hydroxyl groups is 5. The van der Waals surface area contributed by atoms with Gasteiger partial charge in [-0.2, -0.15) is 0 Å². The largest absolute Gasteiger partial charge is 0.503 e. The topological polar surface area (TPSA) is 113 Å². The van der Waals surface area contributed by atoms with Crippen LogP contribution in [0.2, 0.25) is 0 Å². The van der Waals surface area contributed by atoms with Crippen LogP contribution < -0.4 is 5.32 Å². The van der Waals surface area contributed by atoms with Gasteiger partial charge in [0.05, 0.1) is 0 Å². The number of anilines is 1. The summed E-state index contributed by atoms with van der Waals surface area (Å²) in [6.07, 6.45) is 2.83. The number of benzene rings is 1. The van der Waals surface area contributed by atoms with Gasteiger partial charge in [0.15, 0.2) is 11.5 Å². The summed E-state index contributed by atoms with van der Waals surface area (Å²) in [4.78, 5) is 0. The quantitative estimate of drug-likeness (QED) is 0.334. The third-order valence-corrected chi connectivity index (χ3v) is 2.82. The lowest BCUT2D eigenvalue weighted by molar-refractivity contribution is 0.328. The van der Waals surface area contributed by atoms with Gasteiger partial charge in [0.2, 0.25) is 17.2 Å². The number of nitrogens with one attached hydrogen (secondary N) is 1. The highest BCUT2D eigenvalue weighted by atomic mass is 16.4. The summed E-state index contributed by atoms with van der Waals surface area (Å²) < 4.78 is 0. The molecule has 0 atom stereocenters. The Hall–Kier alpha value is -1.98. The Bertz CT molecular complexity index is 399. The fraction of sp³-hybridized carbons (Fsp3) is 0.400. The van der Waals surface area contributed by atoms with E-state index >= 15 is 0 Å². The van der Waals surface area contributed by atoms with Gasteiger partial charge >= 0.3 is 0 Å². The van der Waals surface area contributed by atoms with Crippen LogP contribution in [0.25, 0.3) is 0 Å². The van der Waals surface area contributed by atoms with E-state index in [1.54, 1.807) is 0 Å². The molecule has 1 aliphatic carbocycles. The van der Waals surface area contributed by atoms with Crippen molar-refractivity contribution in [3.8, 4) is 28.7 Å². The second-order valence-corrected chi connectivity index (χ2v) is 3.89. The van der Waals surface area contributed by atoms with Crippen LogP contribution in [0.4, 0.5) is 5.69 Å². The highest BCUT2D eigenvalue weighted by Crippen LogP contribution is 2.54.